The summed E-state index contributed by atoms with van der Waals surface area (Å²) in [5.74, 6) is 0.381. The summed E-state index contributed by atoms with van der Waals surface area (Å²) >= 11 is 5.65. The van der Waals surface area contributed by atoms with Crippen LogP contribution in [0.5, 0.6) is 0 Å². The lowest BCUT2D eigenvalue weighted by Crippen LogP contribution is -1.80. The van der Waals surface area contributed by atoms with Crippen LogP contribution >= 0.6 is 11.6 Å². The summed E-state index contributed by atoms with van der Waals surface area (Å²) < 4.78 is 12.6. The molecule has 0 unspecified atom stereocenters. The highest BCUT2D eigenvalue weighted by molar-refractivity contribution is 6.29. The molecule has 66 valence electrons. The highest BCUT2D eigenvalue weighted by atomic mass is 35.5. The first-order valence-corrected chi connectivity index (χ1v) is 4.10. The van der Waals surface area contributed by atoms with E-state index in [1.165, 1.54) is 18.3 Å². The molecule has 1 heterocycles. The number of nitrogens with zero attached hydrogens (tertiary/aromatic N) is 1. The second-order valence-electron chi connectivity index (χ2n) is 2.59. The third-order valence-electron chi connectivity index (χ3n) is 1.66. The molecule has 0 aliphatic rings. The zero-order valence-electron chi connectivity index (χ0n) is 6.59. The van der Waals surface area contributed by atoms with E-state index in [0.29, 0.717) is 11.0 Å². The van der Waals surface area contributed by atoms with Crippen LogP contribution in [0.3, 0.4) is 0 Å². The van der Waals surface area contributed by atoms with Crippen molar-refractivity contribution in [3.8, 4) is 11.4 Å². The predicted octanol–water partition coefficient (Wildman–Crippen LogP) is 2.87. The number of H-pyrrole nitrogens is 1. The first-order valence-electron chi connectivity index (χ1n) is 3.72. The van der Waals surface area contributed by atoms with Gasteiger partial charge in [-0.15, -0.1) is 0 Å². The van der Waals surface area contributed by atoms with E-state index in [2.05, 4.69) is 9.97 Å². The van der Waals surface area contributed by atoms with Gasteiger partial charge in [-0.1, -0.05) is 11.6 Å². The lowest BCUT2D eigenvalue weighted by atomic mass is 10.2. The minimum atomic E-state index is -0.263. The molecule has 13 heavy (non-hydrogen) atoms. The summed E-state index contributed by atoms with van der Waals surface area (Å²) in [6.45, 7) is 0. The average molecular weight is 197 g/mol. The molecule has 2 aromatic rings. The summed E-state index contributed by atoms with van der Waals surface area (Å²) in [5.41, 5.74) is 0.813. The van der Waals surface area contributed by atoms with Crippen LogP contribution in [-0.4, -0.2) is 9.97 Å². The summed E-state index contributed by atoms with van der Waals surface area (Å²) in [7, 11) is 0. The molecule has 0 spiro atoms. The number of nitrogens with one attached hydrogen (secondary N) is 1. The second-order valence-corrected chi connectivity index (χ2v) is 2.99. The number of imidazole rings is 1. The van der Waals surface area contributed by atoms with Gasteiger partial charge in [0, 0.05) is 5.56 Å². The van der Waals surface area contributed by atoms with Gasteiger partial charge in [-0.3, -0.25) is 0 Å². The molecule has 4 heteroatoms. The van der Waals surface area contributed by atoms with E-state index in [0.717, 1.165) is 5.56 Å². The molecule has 0 saturated carbocycles. The second kappa shape index (κ2) is 3.18. The Morgan fingerprint density at radius 1 is 1.23 bits per heavy atom. The van der Waals surface area contributed by atoms with E-state index in [1.807, 2.05) is 0 Å². The number of benzene rings is 1. The maximum Gasteiger partial charge on any atom is 0.138 e. The van der Waals surface area contributed by atoms with Crippen molar-refractivity contribution >= 4 is 11.6 Å². The Hall–Kier alpha value is -1.35. The molecule has 2 nitrogen and oxygen atoms in total. The molecule has 1 N–H and O–H groups in total. The van der Waals surface area contributed by atoms with Crippen LogP contribution in [-0.2, 0) is 0 Å². The van der Waals surface area contributed by atoms with Gasteiger partial charge in [-0.05, 0) is 24.3 Å². The smallest absolute Gasteiger partial charge is 0.138 e. The number of hydrogen-bond donors (Lipinski definition) is 1. The minimum Gasteiger partial charge on any atom is -0.329 e. The highest BCUT2D eigenvalue weighted by Gasteiger charge is 2.01. The first kappa shape index (κ1) is 8.26. The minimum absolute atomic E-state index is 0.263. The first-order chi connectivity index (χ1) is 6.25. The highest BCUT2D eigenvalue weighted by Crippen LogP contribution is 2.17. The molecule has 0 saturated heterocycles. The summed E-state index contributed by atoms with van der Waals surface area (Å²) in [6, 6.07) is 6.05. The normalized spacial score (nSPS) is 10.3. The summed E-state index contributed by atoms with van der Waals surface area (Å²) in [4.78, 5) is 6.85. The molecule has 1 aromatic heterocycles. The maximum atomic E-state index is 12.6. The van der Waals surface area contributed by atoms with Crippen molar-refractivity contribution in [3.63, 3.8) is 0 Å². The number of aromatic amines is 1. The van der Waals surface area contributed by atoms with Crippen molar-refractivity contribution in [1.29, 1.82) is 0 Å². The van der Waals surface area contributed by atoms with Gasteiger partial charge in [0.1, 0.15) is 16.8 Å². The van der Waals surface area contributed by atoms with Crippen LogP contribution < -0.4 is 0 Å². The molecule has 0 bridgehead atoms. The lowest BCUT2D eigenvalue weighted by molar-refractivity contribution is 0.628. The van der Waals surface area contributed by atoms with Gasteiger partial charge in [-0.2, -0.15) is 0 Å². The Kier molecular flexibility index (Phi) is 2.02. The fraction of sp³-hybridized carbons (Fsp3) is 0. The number of hydrogen-bond acceptors (Lipinski definition) is 1. The van der Waals surface area contributed by atoms with E-state index in [9.17, 15) is 4.39 Å². The molecule has 0 aliphatic heterocycles. The van der Waals surface area contributed by atoms with Crippen molar-refractivity contribution in [1.82, 2.24) is 9.97 Å². The van der Waals surface area contributed by atoms with Gasteiger partial charge >= 0.3 is 0 Å². The molecule has 0 radical (unpaired) electrons. The molecule has 0 amide bonds. The van der Waals surface area contributed by atoms with E-state index in [1.54, 1.807) is 12.1 Å². The van der Waals surface area contributed by atoms with Crippen molar-refractivity contribution in [2.75, 3.05) is 0 Å². The van der Waals surface area contributed by atoms with E-state index in [4.69, 9.17) is 11.6 Å². The quantitative estimate of drug-likeness (QED) is 0.747. The van der Waals surface area contributed by atoms with Crippen LogP contribution in [0.4, 0.5) is 4.39 Å². The SMILES string of the molecule is Fc1ccc(-c2ncc(Cl)[nH]2)cc1. The van der Waals surface area contributed by atoms with Gasteiger partial charge in [0.05, 0.1) is 6.20 Å². The number of aromatic nitrogens is 2. The third-order valence-corrected chi connectivity index (χ3v) is 1.85. The Balaban J connectivity index is 2.41. The van der Waals surface area contributed by atoms with E-state index >= 15 is 0 Å². The van der Waals surface area contributed by atoms with Crippen molar-refractivity contribution in [2.24, 2.45) is 0 Å². The van der Waals surface area contributed by atoms with Gasteiger partial charge in [-0.25, -0.2) is 9.37 Å². The van der Waals surface area contributed by atoms with Crippen LogP contribution in [0.1, 0.15) is 0 Å². The third kappa shape index (κ3) is 1.70. The predicted molar refractivity (Wildman–Crippen MR) is 49.0 cm³/mol. The molecular formula is C9H6ClFN2. The molecule has 0 atom stereocenters. The summed E-state index contributed by atoms with van der Waals surface area (Å²) in [6.07, 6.45) is 1.51. The molecule has 0 aliphatic carbocycles. The van der Waals surface area contributed by atoms with E-state index in [-0.39, 0.29) is 5.82 Å². The van der Waals surface area contributed by atoms with E-state index < -0.39 is 0 Å². The van der Waals surface area contributed by atoms with Crippen molar-refractivity contribution < 1.29 is 4.39 Å². The Bertz CT molecular complexity index is 408. The van der Waals surface area contributed by atoms with Gasteiger partial charge < -0.3 is 4.98 Å². The average Bonchev–Trinajstić information content (AvgIpc) is 2.53. The Morgan fingerprint density at radius 2 is 1.92 bits per heavy atom. The topological polar surface area (TPSA) is 28.7 Å². The van der Waals surface area contributed by atoms with Crippen molar-refractivity contribution in [3.05, 3.63) is 41.4 Å². The number of halogens is 2. The van der Waals surface area contributed by atoms with Crippen LogP contribution in [0.2, 0.25) is 5.15 Å². The molecular weight excluding hydrogens is 191 g/mol. The lowest BCUT2D eigenvalue weighted by Gasteiger charge is -1.94. The molecule has 2 rings (SSSR count). The molecule has 1 aromatic carbocycles. The monoisotopic (exact) mass is 196 g/mol. The maximum absolute atomic E-state index is 12.6. The number of rotatable bonds is 1. The Labute approximate surface area is 79.4 Å². The van der Waals surface area contributed by atoms with Crippen molar-refractivity contribution in [2.45, 2.75) is 0 Å². The largest absolute Gasteiger partial charge is 0.329 e. The van der Waals surface area contributed by atoms with Crippen LogP contribution in [0.25, 0.3) is 11.4 Å². The van der Waals surface area contributed by atoms with Gasteiger partial charge in [0.25, 0.3) is 0 Å². The van der Waals surface area contributed by atoms with Gasteiger partial charge in [0.15, 0.2) is 0 Å². The zero-order chi connectivity index (χ0) is 9.26. The standard InChI is InChI=1S/C9H6ClFN2/c10-8-5-12-9(13-8)6-1-3-7(11)4-2-6/h1-5H,(H,12,13). The summed E-state index contributed by atoms with van der Waals surface area (Å²) in [5, 5.41) is 0.472. The fourth-order valence-corrected chi connectivity index (χ4v) is 1.19. The van der Waals surface area contributed by atoms with Crippen LogP contribution in [0, 0.1) is 5.82 Å². The molecule has 0 fully saturated rings. The van der Waals surface area contributed by atoms with Gasteiger partial charge in [0.2, 0.25) is 0 Å². The fourth-order valence-electron chi connectivity index (χ4n) is 1.05. The Morgan fingerprint density at radius 3 is 2.46 bits per heavy atom. The van der Waals surface area contributed by atoms with Crippen LogP contribution in [0.15, 0.2) is 30.5 Å². The zero-order valence-corrected chi connectivity index (χ0v) is 7.35.